The van der Waals surface area contributed by atoms with Crippen molar-refractivity contribution in [3.8, 4) is 5.75 Å². The van der Waals surface area contributed by atoms with Gasteiger partial charge in [-0.15, -0.1) is 37.1 Å². The molecule has 0 radical (unpaired) electrons. The SMILES string of the molecule is CCCCN=C(N)Nc1ccc(OC(F)(F)F)cc1.I. The number of ether oxygens (including phenoxy) is 1. The lowest BCUT2D eigenvalue weighted by Crippen LogP contribution is -2.23. The maximum absolute atomic E-state index is 11.9. The number of rotatable bonds is 5. The number of nitrogens with one attached hydrogen (secondary N) is 1. The summed E-state index contributed by atoms with van der Waals surface area (Å²) in [6.45, 7) is 2.66. The number of unbranched alkanes of at least 4 members (excludes halogenated alkanes) is 1. The number of nitrogens with zero attached hydrogens (tertiary/aromatic N) is 1. The van der Waals surface area contributed by atoms with E-state index < -0.39 is 6.36 Å². The highest BCUT2D eigenvalue weighted by molar-refractivity contribution is 14.0. The van der Waals surface area contributed by atoms with E-state index in [9.17, 15) is 13.2 Å². The highest BCUT2D eigenvalue weighted by Crippen LogP contribution is 2.23. The van der Waals surface area contributed by atoms with E-state index in [0.717, 1.165) is 12.8 Å². The minimum atomic E-state index is -4.68. The lowest BCUT2D eigenvalue weighted by molar-refractivity contribution is -0.274. The number of guanidine groups is 1. The van der Waals surface area contributed by atoms with Crippen molar-refractivity contribution in [3.05, 3.63) is 24.3 Å². The number of aliphatic imine (C=N–C) groups is 1. The van der Waals surface area contributed by atoms with Gasteiger partial charge in [0.1, 0.15) is 5.75 Å². The molecule has 20 heavy (non-hydrogen) atoms. The molecule has 0 atom stereocenters. The Kier molecular flexibility index (Phi) is 8.35. The van der Waals surface area contributed by atoms with Crippen LogP contribution in [-0.2, 0) is 0 Å². The van der Waals surface area contributed by atoms with Gasteiger partial charge >= 0.3 is 6.36 Å². The second-order valence-electron chi connectivity index (χ2n) is 3.82. The predicted octanol–water partition coefficient (Wildman–Crippen LogP) is 3.73. The van der Waals surface area contributed by atoms with Gasteiger partial charge in [-0.2, -0.15) is 0 Å². The zero-order valence-corrected chi connectivity index (χ0v) is 13.2. The van der Waals surface area contributed by atoms with Crippen LogP contribution in [0, 0.1) is 0 Å². The molecule has 0 spiro atoms. The molecule has 0 aliphatic heterocycles. The van der Waals surface area contributed by atoms with E-state index in [0.29, 0.717) is 12.2 Å². The molecule has 0 amide bonds. The summed E-state index contributed by atoms with van der Waals surface area (Å²) >= 11 is 0. The van der Waals surface area contributed by atoms with Crippen molar-refractivity contribution in [1.29, 1.82) is 0 Å². The van der Waals surface area contributed by atoms with Gasteiger partial charge < -0.3 is 15.8 Å². The number of benzene rings is 1. The summed E-state index contributed by atoms with van der Waals surface area (Å²) in [5.74, 6) is -0.0440. The molecule has 0 unspecified atom stereocenters. The summed E-state index contributed by atoms with van der Waals surface area (Å²) in [5, 5.41) is 2.78. The van der Waals surface area contributed by atoms with Crippen LogP contribution in [-0.4, -0.2) is 18.9 Å². The number of hydrogen-bond acceptors (Lipinski definition) is 2. The zero-order chi connectivity index (χ0) is 14.3. The third kappa shape index (κ3) is 8.08. The zero-order valence-electron chi connectivity index (χ0n) is 10.9. The fraction of sp³-hybridized carbons (Fsp3) is 0.417. The third-order valence-corrected chi connectivity index (χ3v) is 2.15. The number of hydrogen-bond donors (Lipinski definition) is 2. The van der Waals surface area contributed by atoms with E-state index in [1.54, 1.807) is 0 Å². The van der Waals surface area contributed by atoms with Crippen LogP contribution in [0.25, 0.3) is 0 Å². The normalized spacial score (nSPS) is 11.7. The number of alkyl halides is 3. The molecule has 0 aliphatic carbocycles. The summed E-state index contributed by atoms with van der Waals surface area (Å²) < 4.78 is 39.6. The van der Waals surface area contributed by atoms with Crippen molar-refractivity contribution in [2.45, 2.75) is 26.1 Å². The van der Waals surface area contributed by atoms with Crippen LogP contribution < -0.4 is 15.8 Å². The Morgan fingerprint density at radius 1 is 1.30 bits per heavy atom. The van der Waals surface area contributed by atoms with E-state index in [-0.39, 0.29) is 35.7 Å². The van der Waals surface area contributed by atoms with Crippen molar-refractivity contribution in [1.82, 2.24) is 0 Å². The maximum atomic E-state index is 11.9. The van der Waals surface area contributed by atoms with Crippen LogP contribution >= 0.6 is 24.0 Å². The Labute approximate surface area is 132 Å². The van der Waals surface area contributed by atoms with Gasteiger partial charge in [-0.3, -0.25) is 4.99 Å². The smallest absolute Gasteiger partial charge is 0.406 e. The first-order valence-corrected chi connectivity index (χ1v) is 5.83. The quantitative estimate of drug-likeness (QED) is 0.341. The lowest BCUT2D eigenvalue weighted by Gasteiger charge is -2.10. The maximum Gasteiger partial charge on any atom is 0.573 e. The van der Waals surface area contributed by atoms with Crippen molar-refractivity contribution in [2.24, 2.45) is 10.7 Å². The highest BCUT2D eigenvalue weighted by atomic mass is 127. The molecule has 0 aromatic heterocycles. The van der Waals surface area contributed by atoms with Gasteiger partial charge in [-0.1, -0.05) is 13.3 Å². The first kappa shape index (κ1) is 18.8. The second-order valence-corrected chi connectivity index (χ2v) is 3.82. The van der Waals surface area contributed by atoms with E-state index in [2.05, 4.69) is 15.0 Å². The first-order chi connectivity index (χ1) is 8.90. The van der Waals surface area contributed by atoms with Crippen LogP contribution in [0.4, 0.5) is 18.9 Å². The summed E-state index contributed by atoms with van der Waals surface area (Å²) in [5.41, 5.74) is 6.16. The molecule has 0 aliphatic rings. The molecule has 0 fully saturated rings. The third-order valence-electron chi connectivity index (χ3n) is 2.15. The van der Waals surface area contributed by atoms with E-state index in [1.165, 1.54) is 24.3 Å². The van der Waals surface area contributed by atoms with Crippen molar-refractivity contribution in [3.63, 3.8) is 0 Å². The van der Waals surface area contributed by atoms with Gasteiger partial charge in [0.25, 0.3) is 0 Å². The minimum Gasteiger partial charge on any atom is -0.406 e. The lowest BCUT2D eigenvalue weighted by atomic mass is 10.3. The predicted molar refractivity (Wildman–Crippen MR) is 83.6 cm³/mol. The molecule has 4 nitrogen and oxygen atoms in total. The van der Waals surface area contributed by atoms with E-state index in [1.807, 2.05) is 6.92 Å². The van der Waals surface area contributed by atoms with Gasteiger partial charge in [0.2, 0.25) is 0 Å². The van der Waals surface area contributed by atoms with Crippen LogP contribution in [0.1, 0.15) is 19.8 Å². The average molecular weight is 403 g/mol. The Morgan fingerprint density at radius 2 is 1.90 bits per heavy atom. The number of nitrogens with two attached hydrogens (primary N) is 1. The Hall–Kier alpha value is -1.19. The minimum absolute atomic E-state index is 0. The molecule has 8 heteroatoms. The number of anilines is 1. The standard InChI is InChI=1S/C12H16F3N3O.HI/c1-2-3-8-17-11(16)18-9-4-6-10(7-5-9)19-12(13,14)15;/h4-7H,2-3,8H2,1H3,(H3,16,17,18);1H. The average Bonchev–Trinajstić information content (AvgIpc) is 2.30. The monoisotopic (exact) mass is 403 g/mol. The Balaban J connectivity index is 0.00000361. The van der Waals surface area contributed by atoms with Crippen molar-refractivity contribution < 1.29 is 17.9 Å². The molecular formula is C12H17F3IN3O. The summed E-state index contributed by atoms with van der Waals surface area (Å²) in [6.07, 6.45) is -2.74. The van der Waals surface area contributed by atoms with E-state index in [4.69, 9.17) is 5.73 Å². The fourth-order valence-electron chi connectivity index (χ4n) is 1.28. The Morgan fingerprint density at radius 3 is 2.40 bits per heavy atom. The number of halogens is 4. The topological polar surface area (TPSA) is 59.6 Å². The molecule has 0 saturated carbocycles. The van der Waals surface area contributed by atoms with Crippen molar-refractivity contribution >= 4 is 35.6 Å². The van der Waals surface area contributed by atoms with Gasteiger partial charge in [-0.25, -0.2) is 0 Å². The summed E-state index contributed by atoms with van der Waals surface area (Å²) in [6, 6.07) is 5.27. The Bertz CT molecular complexity index is 421. The molecule has 1 aromatic rings. The molecule has 0 bridgehead atoms. The largest absolute Gasteiger partial charge is 0.573 e. The van der Waals surface area contributed by atoms with Crippen LogP contribution in [0.3, 0.4) is 0 Å². The first-order valence-electron chi connectivity index (χ1n) is 5.83. The van der Waals surface area contributed by atoms with Gasteiger partial charge in [-0.05, 0) is 30.7 Å². The molecule has 0 heterocycles. The molecule has 1 aromatic carbocycles. The van der Waals surface area contributed by atoms with Gasteiger partial charge in [0.05, 0.1) is 0 Å². The fourth-order valence-corrected chi connectivity index (χ4v) is 1.28. The van der Waals surface area contributed by atoms with Crippen LogP contribution in [0.15, 0.2) is 29.3 Å². The van der Waals surface area contributed by atoms with Gasteiger partial charge in [0.15, 0.2) is 5.96 Å². The highest BCUT2D eigenvalue weighted by Gasteiger charge is 2.30. The summed E-state index contributed by atoms with van der Waals surface area (Å²) in [7, 11) is 0. The van der Waals surface area contributed by atoms with Gasteiger partial charge in [0, 0.05) is 12.2 Å². The molecule has 1 rings (SSSR count). The molecule has 3 N–H and O–H groups in total. The second kappa shape index (κ2) is 8.88. The van der Waals surface area contributed by atoms with Crippen LogP contribution in [0.2, 0.25) is 0 Å². The van der Waals surface area contributed by atoms with Crippen molar-refractivity contribution in [2.75, 3.05) is 11.9 Å². The van der Waals surface area contributed by atoms with Crippen LogP contribution in [0.5, 0.6) is 5.75 Å². The molecule has 0 saturated heterocycles. The molecule has 114 valence electrons. The molecular weight excluding hydrogens is 386 g/mol. The summed E-state index contributed by atoms with van der Waals surface area (Å²) in [4.78, 5) is 4.06. The van der Waals surface area contributed by atoms with E-state index >= 15 is 0 Å².